The van der Waals surface area contributed by atoms with Crippen LogP contribution in [0.2, 0.25) is 0 Å². The Bertz CT molecular complexity index is 2510. The van der Waals surface area contributed by atoms with Gasteiger partial charge in [-0.3, -0.25) is 14.1 Å². The third-order valence-electron chi connectivity index (χ3n) is 8.82. The summed E-state index contributed by atoms with van der Waals surface area (Å²) in [6, 6.07) is 57.6. The fourth-order valence-electron chi connectivity index (χ4n) is 6.73. The van der Waals surface area contributed by atoms with Crippen LogP contribution in [0.4, 0.5) is 0 Å². The zero-order valence-electron chi connectivity index (χ0n) is 25.0. The first-order valence-corrected chi connectivity index (χ1v) is 15.5. The number of imidazole rings is 1. The molecule has 0 amide bonds. The standard InChI is InChI=1S/C42H28N4/c1-3-14-29(15-4-1)31-25-26-34-33-19-8-10-23-38(33)46(40(34)28-31)42-44-41-35(36-21-11-12-27-43-36)20-13-24-39(41)45(42)37-22-9-7-18-32(37)30-16-5-2-6-17-30/h1-28H. The molecule has 0 saturated heterocycles. The summed E-state index contributed by atoms with van der Waals surface area (Å²) in [5.41, 5.74) is 11.7. The highest BCUT2D eigenvalue weighted by Crippen LogP contribution is 2.39. The largest absolute Gasteiger partial charge is 0.279 e. The van der Waals surface area contributed by atoms with Crippen LogP contribution in [0.3, 0.4) is 0 Å². The number of hydrogen-bond acceptors (Lipinski definition) is 2. The third-order valence-corrected chi connectivity index (χ3v) is 8.82. The van der Waals surface area contributed by atoms with E-state index in [1.807, 2.05) is 18.3 Å². The lowest BCUT2D eigenvalue weighted by Crippen LogP contribution is -2.06. The molecule has 0 fully saturated rings. The van der Waals surface area contributed by atoms with E-state index in [1.165, 1.54) is 21.9 Å². The maximum Gasteiger partial charge on any atom is 0.220 e. The van der Waals surface area contributed by atoms with Gasteiger partial charge in [0.2, 0.25) is 5.95 Å². The Balaban J connectivity index is 1.43. The Morgan fingerprint density at radius 3 is 1.91 bits per heavy atom. The first-order chi connectivity index (χ1) is 22.8. The first kappa shape index (κ1) is 26.2. The quantitative estimate of drug-likeness (QED) is 0.200. The molecule has 0 unspecified atom stereocenters. The number of pyridine rings is 1. The van der Waals surface area contributed by atoms with Crippen LogP contribution in [-0.2, 0) is 0 Å². The molecule has 0 saturated carbocycles. The highest BCUT2D eigenvalue weighted by Gasteiger charge is 2.23. The average Bonchev–Trinajstić information content (AvgIpc) is 3.68. The SMILES string of the molecule is c1ccc(-c2ccc3c4ccccc4n(-c4nc5c(-c6ccccn6)cccc5n4-c4ccccc4-c4ccccc4)c3c2)cc1. The smallest absolute Gasteiger partial charge is 0.220 e. The van der Waals surface area contributed by atoms with Gasteiger partial charge in [-0.05, 0) is 53.1 Å². The molecule has 0 N–H and O–H groups in total. The average molecular weight is 589 g/mol. The zero-order chi connectivity index (χ0) is 30.5. The van der Waals surface area contributed by atoms with E-state index in [9.17, 15) is 0 Å². The molecule has 0 bridgehead atoms. The topological polar surface area (TPSA) is 35.6 Å². The lowest BCUT2D eigenvalue weighted by atomic mass is 10.0. The Labute approximate surface area is 266 Å². The van der Waals surface area contributed by atoms with Crippen molar-refractivity contribution in [3.05, 3.63) is 170 Å². The van der Waals surface area contributed by atoms with Crippen molar-refractivity contribution in [3.63, 3.8) is 0 Å². The maximum absolute atomic E-state index is 5.53. The van der Waals surface area contributed by atoms with Gasteiger partial charge in [-0.1, -0.05) is 127 Å². The van der Waals surface area contributed by atoms with Gasteiger partial charge >= 0.3 is 0 Å². The number of hydrogen-bond donors (Lipinski definition) is 0. The Morgan fingerprint density at radius 2 is 1.09 bits per heavy atom. The van der Waals surface area contributed by atoms with E-state index >= 15 is 0 Å². The summed E-state index contributed by atoms with van der Waals surface area (Å²) < 4.78 is 4.66. The molecule has 9 aromatic rings. The van der Waals surface area contributed by atoms with Gasteiger partial charge < -0.3 is 0 Å². The second-order valence-corrected chi connectivity index (χ2v) is 11.5. The van der Waals surface area contributed by atoms with Crippen molar-refractivity contribution in [2.75, 3.05) is 0 Å². The number of benzene rings is 6. The zero-order valence-corrected chi connectivity index (χ0v) is 25.0. The molecular weight excluding hydrogens is 560 g/mol. The molecule has 0 aliphatic rings. The molecule has 4 nitrogen and oxygen atoms in total. The van der Waals surface area contributed by atoms with Gasteiger partial charge in [-0.25, -0.2) is 4.98 Å². The fourth-order valence-corrected chi connectivity index (χ4v) is 6.73. The summed E-state index contributed by atoms with van der Waals surface area (Å²) >= 11 is 0. The molecule has 0 spiro atoms. The second-order valence-electron chi connectivity index (χ2n) is 11.5. The van der Waals surface area contributed by atoms with E-state index in [1.54, 1.807) is 0 Å². The van der Waals surface area contributed by atoms with Crippen LogP contribution >= 0.6 is 0 Å². The molecule has 216 valence electrons. The van der Waals surface area contributed by atoms with Gasteiger partial charge in [-0.2, -0.15) is 0 Å². The van der Waals surface area contributed by atoms with Crippen molar-refractivity contribution < 1.29 is 0 Å². The molecule has 0 aliphatic carbocycles. The van der Waals surface area contributed by atoms with Gasteiger partial charge in [0, 0.05) is 28.1 Å². The lowest BCUT2D eigenvalue weighted by molar-refractivity contribution is 0.957. The fraction of sp³-hybridized carbons (Fsp3) is 0. The Morgan fingerprint density at radius 1 is 0.413 bits per heavy atom. The summed E-state index contributed by atoms with van der Waals surface area (Å²) in [5, 5.41) is 2.38. The summed E-state index contributed by atoms with van der Waals surface area (Å²) in [4.78, 5) is 10.3. The number of rotatable bonds is 5. The van der Waals surface area contributed by atoms with Crippen LogP contribution in [0.15, 0.2) is 170 Å². The summed E-state index contributed by atoms with van der Waals surface area (Å²) in [6.07, 6.45) is 1.84. The van der Waals surface area contributed by atoms with Crippen molar-refractivity contribution >= 4 is 32.8 Å². The summed E-state index contributed by atoms with van der Waals surface area (Å²) in [7, 11) is 0. The van der Waals surface area contributed by atoms with E-state index < -0.39 is 0 Å². The van der Waals surface area contributed by atoms with E-state index in [-0.39, 0.29) is 0 Å². The van der Waals surface area contributed by atoms with E-state index in [2.05, 4.69) is 161 Å². The molecule has 9 rings (SSSR count). The minimum absolute atomic E-state index is 0.832. The second kappa shape index (κ2) is 10.7. The molecular formula is C42H28N4. The Kier molecular flexibility index (Phi) is 6.10. The number of fused-ring (bicyclic) bond motifs is 4. The number of nitrogens with zero attached hydrogens (tertiary/aromatic N) is 4. The van der Waals surface area contributed by atoms with Crippen molar-refractivity contribution in [1.29, 1.82) is 0 Å². The number of para-hydroxylation sites is 3. The highest BCUT2D eigenvalue weighted by molar-refractivity contribution is 6.10. The molecule has 0 aliphatic heterocycles. The number of aromatic nitrogens is 4. The maximum atomic E-state index is 5.53. The van der Waals surface area contributed by atoms with Gasteiger partial charge in [0.1, 0.15) is 5.52 Å². The van der Waals surface area contributed by atoms with Crippen LogP contribution in [0.1, 0.15) is 0 Å². The third kappa shape index (κ3) is 4.15. The van der Waals surface area contributed by atoms with E-state index in [4.69, 9.17) is 9.97 Å². The molecule has 3 heterocycles. The van der Waals surface area contributed by atoms with Crippen LogP contribution < -0.4 is 0 Å². The lowest BCUT2D eigenvalue weighted by Gasteiger charge is -2.16. The molecule has 0 atom stereocenters. The predicted octanol–water partition coefficient (Wildman–Crippen LogP) is 10.5. The summed E-state index contributed by atoms with van der Waals surface area (Å²) in [6.45, 7) is 0. The monoisotopic (exact) mass is 588 g/mol. The molecule has 4 heteroatoms. The van der Waals surface area contributed by atoms with Gasteiger partial charge in [-0.15, -0.1) is 0 Å². The molecule has 6 aromatic carbocycles. The highest BCUT2D eigenvalue weighted by atomic mass is 15.2. The van der Waals surface area contributed by atoms with Crippen LogP contribution in [0.5, 0.6) is 0 Å². The minimum Gasteiger partial charge on any atom is -0.279 e. The van der Waals surface area contributed by atoms with Crippen LogP contribution in [0.25, 0.3) is 78.0 Å². The van der Waals surface area contributed by atoms with Crippen molar-refractivity contribution in [2.24, 2.45) is 0 Å². The van der Waals surface area contributed by atoms with E-state index in [0.717, 1.165) is 56.1 Å². The van der Waals surface area contributed by atoms with Crippen molar-refractivity contribution in [1.82, 2.24) is 19.1 Å². The van der Waals surface area contributed by atoms with E-state index in [0.29, 0.717) is 0 Å². The first-order valence-electron chi connectivity index (χ1n) is 15.5. The minimum atomic E-state index is 0.832. The van der Waals surface area contributed by atoms with Crippen molar-refractivity contribution in [3.8, 4) is 45.1 Å². The van der Waals surface area contributed by atoms with Gasteiger partial charge in [0.25, 0.3) is 0 Å². The van der Waals surface area contributed by atoms with Crippen LogP contribution in [0, 0.1) is 0 Å². The molecule has 0 radical (unpaired) electrons. The van der Waals surface area contributed by atoms with Crippen molar-refractivity contribution in [2.45, 2.75) is 0 Å². The molecule has 3 aromatic heterocycles. The predicted molar refractivity (Wildman–Crippen MR) is 190 cm³/mol. The molecule has 46 heavy (non-hydrogen) atoms. The Hall–Kier alpha value is -6.26. The van der Waals surface area contributed by atoms with Gasteiger partial charge in [0.15, 0.2) is 0 Å². The van der Waals surface area contributed by atoms with Crippen LogP contribution in [-0.4, -0.2) is 19.1 Å². The normalized spacial score (nSPS) is 11.5. The summed E-state index contributed by atoms with van der Waals surface area (Å²) in [5.74, 6) is 0.832. The van der Waals surface area contributed by atoms with Gasteiger partial charge in [0.05, 0.1) is 27.9 Å².